The molecule has 1 spiro atoms. The number of aromatic nitrogens is 4. The van der Waals surface area contributed by atoms with Gasteiger partial charge in [-0.1, -0.05) is 18.2 Å². The van der Waals surface area contributed by atoms with Crippen molar-refractivity contribution in [1.82, 2.24) is 18.3 Å². The summed E-state index contributed by atoms with van der Waals surface area (Å²) in [4.78, 5) is 65.4. The molecule has 31 heavy (non-hydrogen) atoms. The second-order valence-corrected chi connectivity index (χ2v) is 7.73. The molecule has 5 rings (SSSR count). The van der Waals surface area contributed by atoms with Crippen LogP contribution in [-0.4, -0.2) is 24.2 Å². The quantitative estimate of drug-likeness (QED) is 0.467. The third kappa shape index (κ3) is 2.00. The van der Waals surface area contributed by atoms with Crippen LogP contribution in [-0.2, 0) is 38.5 Å². The van der Waals surface area contributed by atoms with Crippen molar-refractivity contribution in [2.24, 2.45) is 28.2 Å². The lowest BCUT2D eigenvalue weighted by Crippen LogP contribution is -2.56. The predicted molar refractivity (Wildman–Crippen MR) is 112 cm³/mol. The maximum atomic E-state index is 13.4. The largest absolute Gasteiger partial charge is 0.349 e. The minimum Gasteiger partial charge on any atom is -0.349 e. The summed E-state index contributed by atoms with van der Waals surface area (Å²) in [7, 11) is 5.49. The summed E-state index contributed by atoms with van der Waals surface area (Å²) in [6.07, 6.45) is 0. The SMILES string of the molecule is Cn1c2c(c(=O)n(C)c1=O)-c1c(c(=O)n(C)c(=O)n1C)C1(N2)C(=O)Nc2ccccc21. The van der Waals surface area contributed by atoms with E-state index in [2.05, 4.69) is 10.6 Å². The van der Waals surface area contributed by atoms with Crippen LogP contribution in [0.2, 0.25) is 0 Å². The van der Waals surface area contributed by atoms with Gasteiger partial charge in [0.15, 0.2) is 5.54 Å². The Labute approximate surface area is 173 Å². The maximum absolute atomic E-state index is 13.4. The van der Waals surface area contributed by atoms with E-state index in [1.807, 2.05) is 0 Å². The molecule has 11 heteroatoms. The van der Waals surface area contributed by atoms with Gasteiger partial charge in [0, 0.05) is 39.4 Å². The Bertz CT molecular complexity index is 1590. The molecule has 0 aliphatic carbocycles. The molecule has 4 heterocycles. The molecule has 1 amide bonds. The number of para-hydroxylation sites is 1. The lowest BCUT2D eigenvalue weighted by atomic mass is 9.79. The van der Waals surface area contributed by atoms with E-state index in [9.17, 15) is 24.0 Å². The Kier molecular flexibility index (Phi) is 3.48. The number of carbonyl (C=O) groups excluding carboxylic acids is 1. The van der Waals surface area contributed by atoms with E-state index >= 15 is 0 Å². The molecular formula is C20H18N6O5. The van der Waals surface area contributed by atoms with Gasteiger partial charge in [-0.25, -0.2) is 9.59 Å². The zero-order chi connectivity index (χ0) is 22.4. The van der Waals surface area contributed by atoms with Crippen LogP contribution in [0.25, 0.3) is 11.3 Å². The monoisotopic (exact) mass is 422 g/mol. The van der Waals surface area contributed by atoms with Crippen LogP contribution >= 0.6 is 0 Å². The van der Waals surface area contributed by atoms with Crippen molar-refractivity contribution < 1.29 is 4.79 Å². The minimum atomic E-state index is -1.73. The number of benzene rings is 1. The molecule has 1 unspecified atom stereocenters. The molecule has 1 aromatic carbocycles. The van der Waals surface area contributed by atoms with Gasteiger partial charge in [0.25, 0.3) is 17.0 Å². The number of anilines is 2. The highest BCUT2D eigenvalue weighted by Crippen LogP contribution is 2.48. The lowest BCUT2D eigenvalue weighted by Gasteiger charge is -2.37. The lowest BCUT2D eigenvalue weighted by molar-refractivity contribution is -0.118. The Balaban J connectivity index is 2.10. The number of carbonyl (C=O) groups is 1. The van der Waals surface area contributed by atoms with Crippen LogP contribution in [0.1, 0.15) is 11.1 Å². The highest BCUT2D eigenvalue weighted by atomic mass is 16.2. The van der Waals surface area contributed by atoms with E-state index < -0.39 is 33.9 Å². The summed E-state index contributed by atoms with van der Waals surface area (Å²) in [5.41, 5.74) is -3.53. The zero-order valence-corrected chi connectivity index (χ0v) is 17.1. The molecular weight excluding hydrogens is 404 g/mol. The van der Waals surface area contributed by atoms with Crippen molar-refractivity contribution in [2.45, 2.75) is 5.54 Å². The summed E-state index contributed by atoms with van der Waals surface area (Å²) in [6.45, 7) is 0. The van der Waals surface area contributed by atoms with E-state index in [4.69, 9.17) is 0 Å². The Morgan fingerprint density at radius 2 is 1.39 bits per heavy atom. The molecule has 2 N–H and O–H groups in total. The van der Waals surface area contributed by atoms with E-state index in [1.165, 1.54) is 32.8 Å². The second kappa shape index (κ2) is 5.72. The molecule has 2 aliphatic heterocycles. The van der Waals surface area contributed by atoms with Crippen molar-refractivity contribution >= 4 is 17.4 Å². The van der Waals surface area contributed by atoms with E-state index in [1.54, 1.807) is 24.3 Å². The number of rotatable bonds is 0. The minimum absolute atomic E-state index is 0.00454. The third-order valence-corrected chi connectivity index (χ3v) is 6.17. The fraction of sp³-hybridized carbons (Fsp3) is 0.250. The summed E-state index contributed by atoms with van der Waals surface area (Å²) < 4.78 is 4.15. The van der Waals surface area contributed by atoms with Gasteiger partial charge >= 0.3 is 11.4 Å². The van der Waals surface area contributed by atoms with Crippen LogP contribution in [0, 0.1) is 0 Å². The van der Waals surface area contributed by atoms with Crippen LogP contribution in [0.15, 0.2) is 43.4 Å². The topological polar surface area (TPSA) is 129 Å². The summed E-state index contributed by atoms with van der Waals surface area (Å²) in [6, 6.07) is 6.82. The standard InChI is InChI=1S/C20H18N6O5/c1-23-13-11-14(24(2)19(31)25(3)15(11)27)22-20(12(13)16(28)26(4)18(23)30)9-7-5-6-8-10(9)21-17(20)29/h5-8,22H,1-4H3,(H,21,29). The first-order chi connectivity index (χ1) is 14.6. The van der Waals surface area contributed by atoms with Crippen molar-refractivity contribution in [1.29, 1.82) is 0 Å². The highest BCUT2D eigenvalue weighted by molar-refractivity contribution is 6.12. The van der Waals surface area contributed by atoms with Crippen molar-refractivity contribution in [3.8, 4) is 11.3 Å². The molecule has 2 aliphatic rings. The molecule has 0 saturated heterocycles. The number of fused-ring (bicyclic) bond motifs is 6. The maximum Gasteiger partial charge on any atom is 0.332 e. The average molecular weight is 422 g/mol. The third-order valence-electron chi connectivity index (χ3n) is 6.17. The van der Waals surface area contributed by atoms with Crippen LogP contribution in [0.3, 0.4) is 0 Å². The van der Waals surface area contributed by atoms with Crippen LogP contribution in [0.5, 0.6) is 0 Å². The predicted octanol–water partition coefficient (Wildman–Crippen LogP) is -1.23. The van der Waals surface area contributed by atoms with Gasteiger partial charge < -0.3 is 10.6 Å². The zero-order valence-electron chi connectivity index (χ0n) is 17.1. The van der Waals surface area contributed by atoms with Gasteiger partial charge in [-0.15, -0.1) is 0 Å². The van der Waals surface area contributed by atoms with Gasteiger partial charge in [0.05, 0.1) is 11.3 Å². The Morgan fingerprint density at radius 3 is 2.10 bits per heavy atom. The number of hydrogen-bond acceptors (Lipinski definition) is 6. The normalized spacial score (nSPS) is 18.3. The highest BCUT2D eigenvalue weighted by Gasteiger charge is 2.55. The molecule has 0 bridgehead atoms. The second-order valence-electron chi connectivity index (χ2n) is 7.73. The summed E-state index contributed by atoms with van der Waals surface area (Å²) in [5, 5.41) is 5.80. The Hall–Kier alpha value is -4.15. The number of nitrogens with one attached hydrogen (secondary N) is 2. The average Bonchev–Trinajstić information content (AvgIpc) is 3.04. The first-order valence-electron chi connectivity index (χ1n) is 9.43. The van der Waals surface area contributed by atoms with Crippen LogP contribution in [0.4, 0.5) is 11.5 Å². The molecule has 3 aromatic rings. The van der Waals surface area contributed by atoms with Crippen molar-refractivity contribution in [2.75, 3.05) is 10.6 Å². The number of hydrogen-bond donors (Lipinski definition) is 2. The van der Waals surface area contributed by atoms with Gasteiger partial charge in [-0.05, 0) is 6.07 Å². The first-order valence-corrected chi connectivity index (χ1v) is 9.43. The van der Waals surface area contributed by atoms with E-state index in [-0.39, 0.29) is 22.6 Å². The first kappa shape index (κ1) is 18.9. The number of nitrogens with zero attached hydrogens (tertiary/aromatic N) is 4. The van der Waals surface area contributed by atoms with Gasteiger partial charge in [-0.3, -0.25) is 32.7 Å². The molecule has 0 saturated carbocycles. The van der Waals surface area contributed by atoms with Crippen LogP contribution < -0.4 is 33.1 Å². The molecule has 158 valence electrons. The summed E-state index contributed by atoms with van der Waals surface area (Å²) in [5.74, 6) is -0.500. The molecule has 1 atom stereocenters. The van der Waals surface area contributed by atoms with Gasteiger partial charge in [0.2, 0.25) is 0 Å². The molecule has 11 nitrogen and oxygen atoms in total. The molecule has 0 fully saturated rings. The van der Waals surface area contributed by atoms with E-state index in [0.717, 1.165) is 13.7 Å². The van der Waals surface area contributed by atoms with Gasteiger partial charge in [0.1, 0.15) is 11.4 Å². The van der Waals surface area contributed by atoms with Crippen molar-refractivity contribution in [3.05, 3.63) is 77.1 Å². The molecule has 0 radical (unpaired) electrons. The Morgan fingerprint density at radius 1 is 0.774 bits per heavy atom. The van der Waals surface area contributed by atoms with Gasteiger partial charge in [-0.2, -0.15) is 0 Å². The van der Waals surface area contributed by atoms with Crippen molar-refractivity contribution in [3.63, 3.8) is 0 Å². The smallest absolute Gasteiger partial charge is 0.332 e. The summed E-state index contributed by atoms with van der Waals surface area (Å²) >= 11 is 0. The fourth-order valence-electron chi connectivity index (χ4n) is 4.55. The number of amides is 1. The molecule has 2 aromatic heterocycles. The van der Waals surface area contributed by atoms with E-state index in [0.29, 0.717) is 11.3 Å². The fourth-order valence-corrected chi connectivity index (χ4v) is 4.55.